The number of amidine groups is 2. The summed E-state index contributed by atoms with van der Waals surface area (Å²) in [6.45, 7) is 4.44. The molecular weight excluding hydrogens is 1680 g/mol. The number of rotatable bonds is 14. The molecule has 12 aromatic carbocycles. The number of benzene rings is 12. The molecule has 0 saturated heterocycles. The van der Waals surface area contributed by atoms with Gasteiger partial charge in [-0.2, -0.15) is 0 Å². The van der Waals surface area contributed by atoms with E-state index >= 15 is 0 Å². The number of likely N-dealkylation sites (N-methyl/N-ethyl adjacent to an activating group) is 2. The van der Waals surface area contributed by atoms with Crippen LogP contribution in [0.3, 0.4) is 0 Å². The van der Waals surface area contributed by atoms with Crippen LogP contribution in [0.4, 0.5) is 0 Å². The summed E-state index contributed by atoms with van der Waals surface area (Å²) in [5, 5.41) is 0. The van der Waals surface area contributed by atoms with Gasteiger partial charge in [0.1, 0.15) is 0 Å². The second kappa shape index (κ2) is 43.3. The molecule has 18 rings (SSSR count). The van der Waals surface area contributed by atoms with E-state index in [1.807, 2.05) is 37.8 Å². The van der Waals surface area contributed by atoms with Crippen molar-refractivity contribution in [2.24, 2.45) is 9.98 Å². The Hall–Kier alpha value is -7.48. The maximum absolute atomic E-state index is 4.87. The van der Waals surface area contributed by atoms with Gasteiger partial charge in [-0.1, -0.05) is 390 Å². The van der Waals surface area contributed by atoms with Gasteiger partial charge >= 0.3 is 89.6 Å². The van der Waals surface area contributed by atoms with Crippen LogP contribution in [0, 0.1) is 122 Å². The summed E-state index contributed by atoms with van der Waals surface area (Å²) >= 11 is 4.44. The van der Waals surface area contributed by atoms with Crippen LogP contribution >= 0.6 is 19.1 Å². The van der Waals surface area contributed by atoms with Crippen LogP contribution in [0.15, 0.2) is 374 Å². The van der Waals surface area contributed by atoms with Gasteiger partial charge in [0.25, 0.3) is 0 Å². The summed E-state index contributed by atoms with van der Waals surface area (Å²) in [6, 6.07) is 130. The van der Waals surface area contributed by atoms with Gasteiger partial charge < -0.3 is 22.6 Å². The second-order valence-corrected chi connectivity index (χ2v) is 26.9. The first-order valence-electron chi connectivity index (χ1n) is 36.9. The summed E-state index contributed by atoms with van der Waals surface area (Å²) in [5.74, 6) is 17.0. The number of hydrogen-bond donors (Lipinski definition) is 0. The van der Waals surface area contributed by atoms with E-state index in [0.29, 0.717) is 12.1 Å². The van der Waals surface area contributed by atoms with Crippen LogP contribution in [0.5, 0.6) is 0 Å². The van der Waals surface area contributed by atoms with E-state index in [2.05, 4.69) is 471 Å². The summed E-state index contributed by atoms with van der Waals surface area (Å²) in [7, 11) is 13.2. The molecule has 4 fully saturated rings. The van der Waals surface area contributed by atoms with E-state index in [4.69, 9.17) is 9.98 Å². The third-order valence-corrected chi connectivity index (χ3v) is 20.4. The Bertz CT molecular complexity index is 3870. The van der Waals surface area contributed by atoms with Crippen molar-refractivity contribution in [2.75, 3.05) is 14.1 Å². The first kappa shape index (κ1) is 85.4. The molecule has 4 aliphatic carbocycles. The van der Waals surface area contributed by atoms with Gasteiger partial charge in [0, 0.05) is 73.3 Å². The van der Waals surface area contributed by atoms with E-state index in [1.54, 1.807) is 0 Å². The van der Waals surface area contributed by atoms with Crippen molar-refractivity contribution in [3.63, 3.8) is 0 Å². The van der Waals surface area contributed by atoms with E-state index in [1.165, 1.54) is 126 Å². The van der Waals surface area contributed by atoms with Crippen molar-refractivity contribution in [1.82, 2.24) is 9.80 Å². The summed E-state index contributed by atoms with van der Waals surface area (Å²) in [5.41, 5.74) is 14.8. The standard InChI is InChI=1S/2C35H25.2C16H16N2.2ClH.2Fe.2Pd/c2*1-6-16-26(17-7-1)31-32(27-18-8-2-9-19-27)34(29-22-12-4-13-23-29)35(30-24-14-5-15-25-30)33(31)28-20-10-3-11-21-28;2*1-12-15(13-8-4-3-5-9-13)17-16(18(12)2)14-10-6-7-11-14;;;;;;/h2*1-25H;2*3-10,12,15H,1-2H3;2*1H;;;;/q;;2*-1;;;4*+2/p-2/t;;2*12-,15-;;;;;;/m..00....../s1. The minimum atomic E-state index is 0. The van der Waals surface area contributed by atoms with Crippen LogP contribution in [0.25, 0.3) is 0 Å². The summed E-state index contributed by atoms with van der Waals surface area (Å²) in [6.07, 6.45) is 18.5. The van der Waals surface area contributed by atoms with Crippen LogP contribution in [0.2, 0.25) is 0 Å². The number of halogens is 2. The van der Waals surface area contributed by atoms with Crippen molar-refractivity contribution in [1.29, 1.82) is 0 Å². The molecule has 4 saturated carbocycles. The topological polar surface area (TPSA) is 31.2 Å². The van der Waals surface area contributed by atoms with E-state index in [9.17, 15) is 0 Å². The van der Waals surface area contributed by atoms with Crippen LogP contribution in [-0.2, 0) is 70.5 Å². The van der Waals surface area contributed by atoms with Crippen LogP contribution < -0.4 is 0 Å². The second-order valence-electron chi connectivity index (χ2n) is 26.9. The zero-order chi connectivity index (χ0) is 76.0. The zero-order valence-corrected chi connectivity index (χ0v) is 69.1. The van der Waals surface area contributed by atoms with E-state index in [0.717, 1.165) is 23.5 Å². The Balaban J connectivity index is 0.000000151. The fourth-order valence-corrected chi connectivity index (χ4v) is 15.1. The predicted molar refractivity (Wildman–Crippen MR) is 446 cm³/mol. The zero-order valence-electron chi connectivity index (χ0n) is 62.3. The predicted octanol–water partition coefficient (Wildman–Crippen LogP) is 23.1. The van der Waals surface area contributed by atoms with Crippen molar-refractivity contribution in [3.8, 4) is 0 Å². The largest absolute Gasteiger partial charge is 2.00 e. The Kier molecular flexibility index (Phi) is 33.0. The molecule has 0 N–H and O–H groups in total. The minimum absolute atomic E-state index is 0. The molecule has 4 atom stereocenters. The molecule has 0 bridgehead atoms. The number of nitrogens with zero attached hydrogens (tertiary/aromatic N) is 4. The monoisotopic (exact) mass is 1760 g/mol. The fourth-order valence-electron chi connectivity index (χ4n) is 15.1. The van der Waals surface area contributed by atoms with Crippen molar-refractivity contribution < 1.29 is 70.5 Å². The van der Waals surface area contributed by atoms with Gasteiger partial charge in [0.15, 0.2) is 0 Å². The normalized spacial score (nSPS) is 19.4. The van der Waals surface area contributed by atoms with Crippen LogP contribution in [0.1, 0.15) is 92.7 Å². The number of hydrogen-bond acceptors (Lipinski definition) is 4. The molecule has 10 heteroatoms. The summed E-state index contributed by atoms with van der Waals surface area (Å²) < 4.78 is 0. The van der Waals surface area contributed by atoms with Gasteiger partial charge in [-0.25, -0.2) is 12.8 Å². The summed E-state index contributed by atoms with van der Waals surface area (Å²) in [4.78, 5) is 14.2. The van der Waals surface area contributed by atoms with Gasteiger partial charge in [-0.05, 0) is 80.6 Å². The molecular formula is C102H82Cl2Fe2N4Pd2+4. The minimum Gasteiger partial charge on any atom is -0.0622 e. The van der Waals surface area contributed by atoms with Crippen molar-refractivity contribution in [2.45, 2.75) is 38.0 Å². The van der Waals surface area contributed by atoms with Gasteiger partial charge in [0.2, 0.25) is 0 Å². The van der Waals surface area contributed by atoms with Crippen molar-refractivity contribution in [3.05, 3.63) is 553 Å². The molecule has 0 aromatic heterocycles. The molecule has 0 spiro atoms. The molecule has 0 amide bonds. The van der Waals surface area contributed by atoms with Gasteiger partial charge in [-0.15, -0.1) is 11.8 Å². The van der Waals surface area contributed by atoms with Gasteiger partial charge in [-0.3, -0.25) is 9.98 Å². The molecule has 556 valence electrons. The van der Waals surface area contributed by atoms with Crippen LogP contribution in [-0.4, -0.2) is 47.7 Å². The molecule has 12 aromatic rings. The molecule has 20 radical (unpaired) electrons. The molecule has 2 heterocycles. The fraction of sp³-hybridized carbons (Fsp3) is 0.0784. The molecule has 2 aliphatic heterocycles. The Morgan fingerprint density at radius 1 is 0.250 bits per heavy atom. The molecule has 6 aliphatic rings. The third-order valence-electron chi connectivity index (χ3n) is 20.4. The van der Waals surface area contributed by atoms with E-state index < -0.39 is 0 Å². The maximum Gasteiger partial charge on any atom is 2.00 e. The van der Waals surface area contributed by atoms with Crippen molar-refractivity contribution >= 4 is 30.7 Å². The Labute approximate surface area is 719 Å². The maximum atomic E-state index is 4.87. The molecule has 4 nitrogen and oxygen atoms in total. The Morgan fingerprint density at radius 3 is 0.545 bits per heavy atom. The first-order valence-corrected chi connectivity index (χ1v) is 40.9. The van der Waals surface area contributed by atoms with Gasteiger partial charge in [0.05, 0.1) is 35.8 Å². The third kappa shape index (κ3) is 19.9. The number of aliphatic imine (C=N–C) groups is 2. The van der Waals surface area contributed by atoms with E-state index in [-0.39, 0.29) is 46.2 Å². The quantitative estimate of drug-likeness (QED) is 0.0803. The Morgan fingerprint density at radius 2 is 0.402 bits per heavy atom. The molecule has 0 unspecified atom stereocenters. The average molecular weight is 1760 g/mol. The molecule has 112 heavy (non-hydrogen) atoms. The first-order chi connectivity index (χ1) is 54.4. The smallest absolute Gasteiger partial charge is 0.0622 e. The SMILES string of the molecule is C[C@H]1[C@@H](c2ccccc2)N=C([C]2[C-][CH][CH][CH]2)N1C.C[C@H]1[C@@H](c2ccccc2)N=C([C]2[C-][CH][CH][CH]2)N1C.[Cl][Pd+].[Cl][Pd+].[Fe+2].[Fe+2].c1ccc([C]2[C](c3ccccc3)[C](c3ccccc3)[C](c3ccccc3)[C]2c2ccccc2)cc1.c1ccc([C]2[C](c3ccccc3)[C](c3ccccc3)[C](c3ccccc3)[C]2c2ccccc2)cc1. The average Bonchev–Trinajstić information content (AvgIpc) is 1.58.